The Hall–Kier alpha value is -3.55. The van der Waals surface area contributed by atoms with Gasteiger partial charge in [0.15, 0.2) is 0 Å². The lowest BCUT2D eigenvalue weighted by molar-refractivity contribution is 0.0589. The first kappa shape index (κ1) is 19.4. The summed E-state index contributed by atoms with van der Waals surface area (Å²) in [7, 11) is 0. The van der Waals surface area contributed by atoms with Gasteiger partial charge < -0.3 is 15.2 Å². The van der Waals surface area contributed by atoms with Crippen LogP contribution in [0.2, 0.25) is 0 Å². The van der Waals surface area contributed by atoms with E-state index >= 15 is 0 Å². The molecule has 158 valence electrons. The Bertz CT molecular complexity index is 1230. The van der Waals surface area contributed by atoms with Gasteiger partial charge in [0, 0.05) is 48.9 Å². The molecule has 0 unspecified atom stereocenters. The van der Waals surface area contributed by atoms with E-state index in [2.05, 4.69) is 9.97 Å². The number of carbonyl (C=O) groups is 1. The third-order valence-corrected chi connectivity index (χ3v) is 6.26. The van der Waals surface area contributed by atoms with E-state index in [1.165, 1.54) is 12.4 Å². The predicted molar refractivity (Wildman–Crippen MR) is 114 cm³/mol. The van der Waals surface area contributed by atoms with Gasteiger partial charge in [-0.3, -0.25) is 9.59 Å². The van der Waals surface area contributed by atoms with Crippen LogP contribution in [0.3, 0.4) is 0 Å². The van der Waals surface area contributed by atoms with E-state index in [9.17, 15) is 14.0 Å². The van der Waals surface area contributed by atoms with Crippen LogP contribution in [0.5, 0.6) is 0 Å². The Morgan fingerprint density at radius 1 is 1.16 bits per heavy atom. The van der Waals surface area contributed by atoms with E-state index < -0.39 is 5.82 Å². The number of rotatable bonds is 2. The number of aryl methyl sites for hydroxylation is 1. The zero-order chi connectivity index (χ0) is 21.7. The fraction of sp³-hybridized carbons (Fsp3) is 0.304. The number of piperidine rings is 1. The largest absolute Gasteiger partial charge is 0.384 e. The monoisotopic (exact) mass is 419 g/mol. The van der Waals surface area contributed by atoms with Crippen LogP contribution in [0.25, 0.3) is 11.3 Å². The molecule has 3 aromatic rings. The van der Waals surface area contributed by atoms with Crippen molar-refractivity contribution >= 4 is 11.7 Å². The van der Waals surface area contributed by atoms with E-state index in [0.717, 1.165) is 12.1 Å². The molecule has 5 rings (SSSR count). The molecule has 1 aromatic carbocycles. The third kappa shape index (κ3) is 3.37. The Labute approximate surface area is 178 Å². The van der Waals surface area contributed by atoms with Crippen molar-refractivity contribution in [2.45, 2.75) is 25.8 Å². The summed E-state index contributed by atoms with van der Waals surface area (Å²) in [5.74, 6) is -0.310. The molecule has 1 fully saturated rings. The summed E-state index contributed by atoms with van der Waals surface area (Å²) in [6.45, 7) is 3.24. The van der Waals surface area contributed by atoms with Crippen LogP contribution < -0.4 is 11.3 Å². The molecule has 2 aromatic heterocycles. The Kier molecular flexibility index (Phi) is 4.57. The summed E-state index contributed by atoms with van der Waals surface area (Å²) in [5, 5.41) is 0. The molecule has 0 radical (unpaired) electrons. The highest BCUT2D eigenvalue weighted by Gasteiger charge is 2.37. The zero-order valence-electron chi connectivity index (χ0n) is 17.1. The van der Waals surface area contributed by atoms with Crippen LogP contribution in [0.4, 0.5) is 10.2 Å². The number of benzene rings is 1. The fourth-order valence-electron chi connectivity index (χ4n) is 4.86. The zero-order valence-corrected chi connectivity index (χ0v) is 17.1. The predicted octanol–water partition coefficient (Wildman–Crippen LogP) is 2.59. The molecule has 2 atom stereocenters. The summed E-state index contributed by atoms with van der Waals surface area (Å²) in [5.41, 5.74) is 8.57. The SMILES string of the molecule is Cc1cccc(F)c1C(=O)N1C[C@@H]2C[C@H](C1)c1cc(-c3cc(N)ncn3)cc(=O)n1C2. The summed E-state index contributed by atoms with van der Waals surface area (Å²) in [4.78, 5) is 35.9. The van der Waals surface area contributed by atoms with E-state index in [1.807, 2.05) is 6.07 Å². The number of likely N-dealkylation sites (tertiary alicyclic amines) is 1. The van der Waals surface area contributed by atoms with Gasteiger partial charge >= 0.3 is 0 Å². The topological polar surface area (TPSA) is 94.1 Å². The maximum atomic E-state index is 14.4. The summed E-state index contributed by atoms with van der Waals surface area (Å²) in [6.07, 6.45) is 2.25. The molecule has 2 N–H and O–H groups in total. The van der Waals surface area contributed by atoms with Crippen molar-refractivity contribution in [1.29, 1.82) is 0 Å². The molecular weight excluding hydrogens is 397 g/mol. The number of aromatic nitrogens is 3. The molecule has 2 bridgehead atoms. The first-order valence-corrected chi connectivity index (χ1v) is 10.3. The average molecular weight is 419 g/mol. The van der Waals surface area contributed by atoms with Crippen molar-refractivity contribution in [3.05, 3.63) is 75.7 Å². The molecule has 31 heavy (non-hydrogen) atoms. The van der Waals surface area contributed by atoms with Crippen molar-refractivity contribution in [1.82, 2.24) is 19.4 Å². The van der Waals surface area contributed by atoms with E-state index in [-0.39, 0.29) is 28.9 Å². The van der Waals surface area contributed by atoms with Crippen LogP contribution in [-0.2, 0) is 6.54 Å². The maximum Gasteiger partial charge on any atom is 0.257 e. The number of amides is 1. The number of hydrogen-bond acceptors (Lipinski definition) is 5. The molecule has 1 amide bonds. The highest BCUT2D eigenvalue weighted by Crippen LogP contribution is 2.37. The molecule has 2 aliphatic rings. The van der Waals surface area contributed by atoms with Gasteiger partial charge in [0.25, 0.3) is 11.5 Å². The number of nitrogens with two attached hydrogens (primary N) is 1. The first-order chi connectivity index (χ1) is 14.9. The van der Waals surface area contributed by atoms with Gasteiger partial charge in [0.1, 0.15) is 18.0 Å². The number of nitrogen functional groups attached to an aromatic ring is 1. The second-order valence-corrected chi connectivity index (χ2v) is 8.39. The number of halogens is 1. The lowest BCUT2D eigenvalue weighted by Gasteiger charge is -2.43. The summed E-state index contributed by atoms with van der Waals surface area (Å²) >= 11 is 0. The van der Waals surface area contributed by atoms with Crippen molar-refractivity contribution in [3.8, 4) is 11.3 Å². The number of hydrogen-bond donors (Lipinski definition) is 1. The number of carbonyl (C=O) groups excluding carboxylic acids is 1. The van der Waals surface area contributed by atoms with Crippen molar-refractivity contribution in [2.75, 3.05) is 18.8 Å². The van der Waals surface area contributed by atoms with Crippen LogP contribution in [-0.4, -0.2) is 38.4 Å². The highest BCUT2D eigenvalue weighted by molar-refractivity contribution is 5.96. The first-order valence-electron chi connectivity index (χ1n) is 10.3. The minimum Gasteiger partial charge on any atom is -0.384 e. The Balaban J connectivity index is 1.51. The maximum absolute atomic E-state index is 14.4. The van der Waals surface area contributed by atoms with Crippen molar-refractivity contribution < 1.29 is 9.18 Å². The number of nitrogens with zero attached hydrogens (tertiary/aromatic N) is 4. The Morgan fingerprint density at radius 2 is 2.00 bits per heavy atom. The van der Waals surface area contributed by atoms with Gasteiger partial charge in [0.2, 0.25) is 0 Å². The lowest BCUT2D eigenvalue weighted by atomic mass is 9.82. The molecule has 7 nitrogen and oxygen atoms in total. The second kappa shape index (κ2) is 7.30. The van der Waals surface area contributed by atoms with Gasteiger partial charge in [0.05, 0.1) is 11.3 Å². The van der Waals surface area contributed by atoms with Crippen LogP contribution in [0, 0.1) is 18.7 Å². The van der Waals surface area contributed by atoms with Crippen molar-refractivity contribution in [3.63, 3.8) is 0 Å². The third-order valence-electron chi connectivity index (χ3n) is 6.26. The molecule has 4 heterocycles. The smallest absolute Gasteiger partial charge is 0.257 e. The molecule has 0 aliphatic carbocycles. The standard InChI is InChI=1S/C23H22FN5O2/c1-13-3-2-4-17(24)22(13)23(31)28-9-14-5-16(11-28)19-6-15(7-21(30)29(19)10-14)18-8-20(25)27-12-26-18/h2-4,6-8,12,14,16H,5,9-11H2,1H3,(H2,25,26,27)/t14-,16+/m0/s1. The molecule has 2 aliphatic heterocycles. The molecule has 8 heteroatoms. The minimum absolute atomic E-state index is 0.00429. The van der Waals surface area contributed by atoms with Gasteiger partial charge in [-0.05, 0) is 37.0 Å². The average Bonchev–Trinajstić information content (AvgIpc) is 2.74. The van der Waals surface area contributed by atoms with E-state index in [4.69, 9.17) is 5.73 Å². The van der Waals surface area contributed by atoms with Crippen LogP contribution in [0.1, 0.15) is 34.0 Å². The fourth-order valence-corrected chi connectivity index (χ4v) is 4.86. The summed E-state index contributed by atoms with van der Waals surface area (Å²) < 4.78 is 16.2. The summed E-state index contributed by atoms with van der Waals surface area (Å²) in [6, 6.07) is 9.82. The van der Waals surface area contributed by atoms with Gasteiger partial charge in [-0.1, -0.05) is 12.1 Å². The molecule has 0 spiro atoms. The normalized spacial score (nSPS) is 19.7. The van der Waals surface area contributed by atoms with Crippen LogP contribution >= 0.6 is 0 Å². The van der Waals surface area contributed by atoms with E-state index in [0.29, 0.717) is 42.3 Å². The van der Waals surface area contributed by atoms with Gasteiger partial charge in [-0.15, -0.1) is 0 Å². The molecule has 1 saturated heterocycles. The second-order valence-electron chi connectivity index (χ2n) is 8.39. The lowest BCUT2D eigenvalue weighted by Crippen LogP contribution is -2.49. The molecule has 0 saturated carbocycles. The van der Waals surface area contributed by atoms with E-state index in [1.54, 1.807) is 40.7 Å². The quantitative estimate of drug-likeness (QED) is 0.689. The molecular formula is C23H22FN5O2. The van der Waals surface area contributed by atoms with Gasteiger partial charge in [-0.2, -0.15) is 0 Å². The number of pyridine rings is 1. The minimum atomic E-state index is -0.499. The number of anilines is 1. The Morgan fingerprint density at radius 3 is 2.77 bits per heavy atom. The van der Waals surface area contributed by atoms with Crippen LogP contribution in [0.15, 0.2) is 47.5 Å². The van der Waals surface area contributed by atoms with Gasteiger partial charge in [-0.25, -0.2) is 14.4 Å². The highest BCUT2D eigenvalue weighted by atomic mass is 19.1. The number of fused-ring (bicyclic) bond motifs is 4. The van der Waals surface area contributed by atoms with Crippen molar-refractivity contribution in [2.24, 2.45) is 5.92 Å².